The number of imidazole rings is 1. The third kappa shape index (κ3) is 5.06. The van der Waals surface area contributed by atoms with Gasteiger partial charge in [0.15, 0.2) is 16.3 Å². The van der Waals surface area contributed by atoms with Crippen molar-refractivity contribution >= 4 is 28.9 Å². The summed E-state index contributed by atoms with van der Waals surface area (Å²) >= 11 is 1.29. The Morgan fingerprint density at radius 1 is 1.18 bits per heavy atom. The van der Waals surface area contributed by atoms with Gasteiger partial charge in [-0.2, -0.15) is 0 Å². The highest BCUT2D eigenvalue weighted by Gasteiger charge is 2.24. The molecule has 0 fully saturated rings. The average molecular weight is 411 g/mol. The standard InChI is InChI=1S/C19H30N4O4S/c1-5-8-9-10-11-12-23-14-15(22(4)18(26)21-16(14)24)20-19(23)28-13(6-2)17(25)27-7-3/h13H,5-12H2,1-4H3,(H,21,24,26)/t13-/m0/s1. The van der Waals surface area contributed by atoms with Crippen molar-refractivity contribution < 1.29 is 9.53 Å². The molecule has 0 saturated carbocycles. The first-order chi connectivity index (χ1) is 13.4. The number of carbonyl (C=O) groups is 1. The largest absolute Gasteiger partial charge is 0.465 e. The van der Waals surface area contributed by atoms with E-state index in [1.54, 1.807) is 14.0 Å². The quantitative estimate of drug-likeness (QED) is 0.347. The van der Waals surface area contributed by atoms with Crippen LogP contribution in [0.4, 0.5) is 0 Å². The van der Waals surface area contributed by atoms with Crippen LogP contribution in [0.2, 0.25) is 0 Å². The molecule has 2 aromatic rings. The molecule has 28 heavy (non-hydrogen) atoms. The minimum Gasteiger partial charge on any atom is -0.465 e. The number of carbonyl (C=O) groups excluding carboxylic acids is 1. The molecule has 2 rings (SSSR count). The van der Waals surface area contributed by atoms with Crippen LogP contribution >= 0.6 is 11.8 Å². The number of unbranched alkanes of at least 4 members (excludes halogenated alkanes) is 4. The van der Waals surface area contributed by atoms with Gasteiger partial charge in [0.1, 0.15) is 5.25 Å². The van der Waals surface area contributed by atoms with Gasteiger partial charge in [0, 0.05) is 13.6 Å². The molecule has 0 saturated heterocycles. The molecule has 2 aromatic heterocycles. The number of aromatic nitrogens is 4. The second kappa shape index (κ2) is 10.5. The Balaban J connectivity index is 2.42. The third-order valence-corrected chi connectivity index (χ3v) is 5.96. The van der Waals surface area contributed by atoms with E-state index in [-0.39, 0.29) is 5.97 Å². The fraction of sp³-hybridized carbons (Fsp3) is 0.684. The number of H-pyrrole nitrogens is 1. The summed E-state index contributed by atoms with van der Waals surface area (Å²) in [7, 11) is 1.58. The molecule has 0 aliphatic rings. The van der Waals surface area contributed by atoms with E-state index < -0.39 is 16.5 Å². The zero-order valence-corrected chi connectivity index (χ0v) is 17.9. The fourth-order valence-corrected chi connectivity index (χ4v) is 4.08. The predicted molar refractivity (Wildman–Crippen MR) is 111 cm³/mol. The maximum absolute atomic E-state index is 12.5. The van der Waals surface area contributed by atoms with Crippen LogP contribution in [0.25, 0.3) is 11.2 Å². The zero-order chi connectivity index (χ0) is 20.7. The molecule has 0 bridgehead atoms. The number of hydrogen-bond acceptors (Lipinski definition) is 6. The number of hydrogen-bond donors (Lipinski definition) is 1. The van der Waals surface area contributed by atoms with Crippen LogP contribution in [0.3, 0.4) is 0 Å². The van der Waals surface area contributed by atoms with Crippen molar-refractivity contribution in [3.05, 3.63) is 20.8 Å². The number of aryl methyl sites for hydroxylation is 2. The number of aromatic amines is 1. The second-order valence-electron chi connectivity index (χ2n) is 6.72. The predicted octanol–water partition coefficient (Wildman–Crippen LogP) is 2.83. The van der Waals surface area contributed by atoms with Gasteiger partial charge in [-0.25, -0.2) is 9.78 Å². The summed E-state index contributed by atoms with van der Waals surface area (Å²) in [6.07, 6.45) is 6.02. The monoisotopic (exact) mass is 410 g/mol. The minimum absolute atomic E-state index is 0.292. The smallest absolute Gasteiger partial charge is 0.329 e. The van der Waals surface area contributed by atoms with Crippen molar-refractivity contribution in [2.24, 2.45) is 7.05 Å². The highest BCUT2D eigenvalue weighted by molar-refractivity contribution is 8.00. The molecule has 0 aromatic carbocycles. The Kier molecular flexibility index (Phi) is 8.35. The van der Waals surface area contributed by atoms with Gasteiger partial charge in [0.2, 0.25) is 0 Å². The molecule has 0 amide bonds. The minimum atomic E-state index is -0.501. The SMILES string of the molecule is CCCCCCCn1c(S[C@@H](CC)C(=O)OCC)nc2c1c(=O)[nH]c(=O)n2C. The van der Waals surface area contributed by atoms with Gasteiger partial charge in [-0.05, 0) is 19.8 Å². The molecule has 8 nitrogen and oxygen atoms in total. The lowest BCUT2D eigenvalue weighted by Gasteiger charge is -2.14. The summed E-state index contributed by atoms with van der Waals surface area (Å²) in [6, 6.07) is 0. The van der Waals surface area contributed by atoms with Crippen molar-refractivity contribution in [1.82, 2.24) is 19.1 Å². The number of rotatable bonds is 11. The van der Waals surface area contributed by atoms with Gasteiger partial charge in [-0.1, -0.05) is 51.3 Å². The van der Waals surface area contributed by atoms with Crippen molar-refractivity contribution in [3.8, 4) is 0 Å². The van der Waals surface area contributed by atoms with E-state index in [0.29, 0.717) is 35.9 Å². The lowest BCUT2D eigenvalue weighted by Crippen LogP contribution is -2.29. The fourth-order valence-electron chi connectivity index (χ4n) is 3.05. The third-order valence-electron chi connectivity index (χ3n) is 4.63. The Morgan fingerprint density at radius 3 is 2.54 bits per heavy atom. The van der Waals surface area contributed by atoms with E-state index in [4.69, 9.17) is 4.74 Å². The van der Waals surface area contributed by atoms with Crippen LogP contribution in [-0.2, 0) is 23.1 Å². The van der Waals surface area contributed by atoms with Crippen molar-refractivity contribution in [3.63, 3.8) is 0 Å². The van der Waals surface area contributed by atoms with E-state index in [0.717, 1.165) is 25.7 Å². The topological polar surface area (TPSA) is 99.0 Å². The first kappa shape index (κ1) is 22.3. The van der Waals surface area contributed by atoms with Crippen LogP contribution in [0.5, 0.6) is 0 Å². The van der Waals surface area contributed by atoms with E-state index in [2.05, 4.69) is 16.9 Å². The first-order valence-corrected chi connectivity index (χ1v) is 10.8. The molecule has 0 aliphatic heterocycles. The van der Waals surface area contributed by atoms with Gasteiger partial charge in [-0.3, -0.25) is 19.1 Å². The van der Waals surface area contributed by atoms with Crippen LogP contribution in [0.15, 0.2) is 14.7 Å². The highest BCUT2D eigenvalue weighted by Crippen LogP contribution is 2.28. The molecule has 0 aliphatic carbocycles. The van der Waals surface area contributed by atoms with E-state index in [1.165, 1.54) is 22.7 Å². The van der Waals surface area contributed by atoms with Crippen LogP contribution in [0.1, 0.15) is 59.3 Å². The summed E-state index contributed by atoms with van der Waals surface area (Å²) in [5.41, 5.74) is -0.239. The summed E-state index contributed by atoms with van der Waals surface area (Å²) in [5.74, 6) is -0.292. The van der Waals surface area contributed by atoms with Crippen LogP contribution < -0.4 is 11.2 Å². The van der Waals surface area contributed by atoms with Gasteiger partial charge in [0.25, 0.3) is 5.56 Å². The number of ether oxygens (including phenoxy) is 1. The van der Waals surface area contributed by atoms with Crippen LogP contribution in [-0.4, -0.2) is 36.9 Å². The normalized spacial score (nSPS) is 12.4. The Hall–Kier alpha value is -2.03. The lowest BCUT2D eigenvalue weighted by atomic mass is 10.1. The highest BCUT2D eigenvalue weighted by atomic mass is 32.2. The lowest BCUT2D eigenvalue weighted by molar-refractivity contribution is -0.142. The number of nitrogens with one attached hydrogen (secondary N) is 1. The van der Waals surface area contributed by atoms with Crippen molar-refractivity contribution in [2.75, 3.05) is 6.61 Å². The Bertz CT molecular complexity index is 915. The van der Waals surface area contributed by atoms with Crippen LogP contribution in [0, 0.1) is 0 Å². The van der Waals surface area contributed by atoms with E-state index in [1.807, 2.05) is 11.5 Å². The number of nitrogens with zero attached hydrogens (tertiary/aromatic N) is 3. The molecule has 1 N–H and O–H groups in total. The molecular weight excluding hydrogens is 380 g/mol. The maximum Gasteiger partial charge on any atom is 0.329 e. The molecule has 0 unspecified atom stereocenters. The second-order valence-corrected chi connectivity index (χ2v) is 7.89. The van der Waals surface area contributed by atoms with Crippen molar-refractivity contribution in [1.29, 1.82) is 0 Å². The summed E-state index contributed by atoms with van der Waals surface area (Å²) in [6.45, 7) is 6.78. The molecule has 2 heterocycles. The van der Waals surface area contributed by atoms with Crippen molar-refractivity contribution in [2.45, 2.75) is 76.2 Å². The molecule has 0 radical (unpaired) electrons. The Labute approximate surface area is 168 Å². The van der Waals surface area contributed by atoms with Gasteiger partial charge < -0.3 is 9.30 Å². The van der Waals surface area contributed by atoms with Gasteiger partial charge >= 0.3 is 11.7 Å². The maximum atomic E-state index is 12.5. The summed E-state index contributed by atoms with van der Waals surface area (Å²) in [5, 5.41) is 0.156. The molecular formula is C19H30N4O4S. The van der Waals surface area contributed by atoms with E-state index in [9.17, 15) is 14.4 Å². The number of fused-ring (bicyclic) bond motifs is 1. The average Bonchev–Trinajstić information content (AvgIpc) is 3.03. The van der Waals surface area contributed by atoms with Gasteiger partial charge in [0.05, 0.1) is 6.61 Å². The zero-order valence-electron chi connectivity index (χ0n) is 17.1. The Morgan fingerprint density at radius 2 is 1.89 bits per heavy atom. The number of thioether (sulfide) groups is 1. The summed E-state index contributed by atoms with van der Waals surface area (Å²) in [4.78, 5) is 43.5. The summed E-state index contributed by atoms with van der Waals surface area (Å²) < 4.78 is 8.33. The molecule has 156 valence electrons. The van der Waals surface area contributed by atoms with E-state index >= 15 is 0 Å². The molecule has 0 spiro atoms. The molecule has 9 heteroatoms. The number of esters is 1. The molecule has 1 atom stereocenters. The first-order valence-electron chi connectivity index (χ1n) is 9.97. The van der Waals surface area contributed by atoms with Gasteiger partial charge in [-0.15, -0.1) is 0 Å².